The van der Waals surface area contributed by atoms with Crippen LogP contribution in [0.1, 0.15) is 5.56 Å². The van der Waals surface area contributed by atoms with Gasteiger partial charge >= 0.3 is 5.63 Å². The molecule has 0 spiro atoms. The molecule has 2 aromatic carbocycles. The number of carbonyl (C=O) groups excluding carboxylic acids is 1. The fraction of sp³-hybridized carbons (Fsp3) is 0.111. The van der Waals surface area contributed by atoms with Gasteiger partial charge in [0.2, 0.25) is 0 Å². The second kappa shape index (κ2) is 5.13. The first-order chi connectivity index (χ1) is 11.5. The Hall–Kier alpha value is -3.28. The van der Waals surface area contributed by atoms with E-state index in [9.17, 15) is 19.8 Å². The van der Waals surface area contributed by atoms with E-state index in [1.54, 1.807) is 12.1 Å². The van der Waals surface area contributed by atoms with Crippen LogP contribution in [0.15, 0.2) is 45.6 Å². The monoisotopic (exact) mass is 324 g/mol. The molecule has 6 nitrogen and oxygen atoms in total. The summed E-state index contributed by atoms with van der Waals surface area (Å²) in [5, 5.41) is 19.8. The van der Waals surface area contributed by atoms with E-state index in [-0.39, 0.29) is 47.2 Å². The van der Waals surface area contributed by atoms with Crippen molar-refractivity contribution in [2.75, 3.05) is 6.61 Å². The van der Waals surface area contributed by atoms with Crippen molar-refractivity contribution in [2.45, 2.75) is 6.42 Å². The Labute approximate surface area is 135 Å². The highest BCUT2D eigenvalue weighted by atomic mass is 16.5. The van der Waals surface area contributed by atoms with Gasteiger partial charge in [-0.05, 0) is 29.8 Å². The van der Waals surface area contributed by atoms with Crippen molar-refractivity contribution in [3.8, 4) is 28.4 Å². The van der Waals surface area contributed by atoms with Gasteiger partial charge in [0.25, 0.3) is 0 Å². The molecular weight excluding hydrogens is 312 g/mol. The van der Waals surface area contributed by atoms with Gasteiger partial charge in [-0.15, -0.1) is 0 Å². The summed E-state index contributed by atoms with van der Waals surface area (Å²) in [4.78, 5) is 24.7. The third-order valence-corrected chi connectivity index (χ3v) is 4.00. The molecule has 24 heavy (non-hydrogen) atoms. The molecule has 0 aliphatic carbocycles. The number of benzene rings is 2. The zero-order chi connectivity index (χ0) is 16.8. The normalized spacial score (nSPS) is 13.6. The average molecular weight is 324 g/mol. The lowest BCUT2D eigenvalue weighted by molar-refractivity contribution is -0.120. The number of carbonyl (C=O) groups is 1. The molecule has 0 fully saturated rings. The number of ether oxygens (including phenoxy) is 1. The van der Waals surface area contributed by atoms with Crippen molar-refractivity contribution in [3.05, 3.63) is 52.4 Å². The molecular formula is C18H12O6. The maximum atomic E-state index is 12.5. The van der Waals surface area contributed by atoms with Crippen molar-refractivity contribution in [2.24, 2.45) is 0 Å². The fourth-order valence-corrected chi connectivity index (χ4v) is 2.95. The summed E-state index contributed by atoms with van der Waals surface area (Å²) in [7, 11) is 0. The number of fused-ring (bicyclic) bond motifs is 5. The molecule has 0 atom stereocenters. The van der Waals surface area contributed by atoms with Gasteiger partial charge in [0, 0.05) is 29.5 Å². The Kier molecular flexibility index (Phi) is 3.06. The van der Waals surface area contributed by atoms with Crippen molar-refractivity contribution < 1.29 is 24.2 Å². The molecule has 0 saturated carbocycles. The molecule has 6 heteroatoms. The highest BCUT2D eigenvalue weighted by Gasteiger charge is 2.24. The number of phenolic OH excluding ortho intramolecular Hbond substituents is 2. The van der Waals surface area contributed by atoms with E-state index in [1.165, 1.54) is 24.3 Å². The van der Waals surface area contributed by atoms with Crippen molar-refractivity contribution in [1.82, 2.24) is 0 Å². The molecule has 120 valence electrons. The van der Waals surface area contributed by atoms with Gasteiger partial charge in [0.1, 0.15) is 29.4 Å². The van der Waals surface area contributed by atoms with Gasteiger partial charge in [-0.1, -0.05) is 0 Å². The summed E-state index contributed by atoms with van der Waals surface area (Å²) in [6, 6.07) is 8.79. The first-order valence-electron chi connectivity index (χ1n) is 7.29. The van der Waals surface area contributed by atoms with Crippen molar-refractivity contribution >= 4 is 16.8 Å². The Bertz CT molecular complexity index is 1050. The van der Waals surface area contributed by atoms with E-state index in [0.29, 0.717) is 16.5 Å². The number of aromatic hydroxyl groups is 2. The van der Waals surface area contributed by atoms with E-state index in [1.807, 2.05) is 0 Å². The van der Waals surface area contributed by atoms with Crippen molar-refractivity contribution in [1.29, 1.82) is 0 Å². The summed E-state index contributed by atoms with van der Waals surface area (Å²) in [5.74, 6) is -0.0187. The first-order valence-corrected chi connectivity index (χ1v) is 7.29. The van der Waals surface area contributed by atoms with E-state index in [0.717, 1.165) is 0 Å². The molecule has 1 aliphatic rings. The minimum atomic E-state index is -0.631. The van der Waals surface area contributed by atoms with Crippen LogP contribution in [0.25, 0.3) is 22.1 Å². The lowest BCUT2D eigenvalue weighted by Crippen LogP contribution is -2.20. The quantitative estimate of drug-likeness (QED) is 0.616. The number of phenols is 2. The lowest BCUT2D eigenvalue weighted by Gasteiger charge is -2.18. The van der Waals surface area contributed by atoms with Gasteiger partial charge in [-0.2, -0.15) is 0 Å². The Morgan fingerprint density at radius 2 is 1.71 bits per heavy atom. The van der Waals surface area contributed by atoms with Crippen LogP contribution in [-0.2, 0) is 11.2 Å². The molecule has 2 heterocycles. The molecule has 0 amide bonds. The molecule has 0 saturated heterocycles. The molecule has 0 bridgehead atoms. The summed E-state index contributed by atoms with van der Waals surface area (Å²) in [6.07, 6.45) is 0.0164. The number of hydrogen-bond donors (Lipinski definition) is 2. The standard InChI is InChI=1S/C18H12O6/c19-9-2-4-13-15(6-9)23-8-11(21)5-14-12-3-1-10(20)7-16(12)24-18(22)17(13)14/h1-4,6-7,19-20H,5,8H2. The smallest absolute Gasteiger partial charge is 0.344 e. The van der Waals surface area contributed by atoms with Gasteiger partial charge in [0.15, 0.2) is 5.78 Å². The van der Waals surface area contributed by atoms with Gasteiger partial charge in [0.05, 0.1) is 5.56 Å². The highest BCUT2D eigenvalue weighted by molar-refractivity contribution is 5.95. The summed E-state index contributed by atoms with van der Waals surface area (Å²) in [6.45, 7) is -0.157. The van der Waals surface area contributed by atoms with Crippen LogP contribution in [0, 0.1) is 0 Å². The number of ketones is 1. The molecule has 2 N–H and O–H groups in total. The predicted molar refractivity (Wildman–Crippen MR) is 85.5 cm³/mol. The molecule has 4 rings (SSSR count). The third-order valence-electron chi connectivity index (χ3n) is 4.00. The second-order valence-corrected chi connectivity index (χ2v) is 5.61. The maximum Gasteiger partial charge on any atom is 0.344 e. The molecule has 0 radical (unpaired) electrons. The second-order valence-electron chi connectivity index (χ2n) is 5.61. The van der Waals surface area contributed by atoms with Crippen LogP contribution in [-0.4, -0.2) is 22.6 Å². The van der Waals surface area contributed by atoms with E-state index >= 15 is 0 Å². The summed E-state index contributed by atoms with van der Waals surface area (Å²) < 4.78 is 10.7. The Balaban J connectivity index is 2.13. The summed E-state index contributed by atoms with van der Waals surface area (Å²) >= 11 is 0. The van der Waals surface area contributed by atoms with E-state index in [2.05, 4.69) is 0 Å². The maximum absolute atomic E-state index is 12.5. The highest BCUT2D eigenvalue weighted by Crippen LogP contribution is 2.37. The van der Waals surface area contributed by atoms with Crippen molar-refractivity contribution in [3.63, 3.8) is 0 Å². The van der Waals surface area contributed by atoms with E-state index in [4.69, 9.17) is 9.15 Å². The topological polar surface area (TPSA) is 97.0 Å². The van der Waals surface area contributed by atoms with Crippen LogP contribution in [0.3, 0.4) is 0 Å². The fourth-order valence-electron chi connectivity index (χ4n) is 2.95. The Morgan fingerprint density at radius 3 is 2.54 bits per heavy atom. The summed E-state index contributed by atoms with van der Waals surface area (Å²) in [5.41, 5.74) is 0.804. The minimum Gasteiger partial charge on any atom is -0.508 e. The molecule has 3 aromatic rings. The molecule has 1 aromatic heterocycles. The zero-order valence-electron chi connectivity index (χ0n) is 12.4. The van der Waals surface area contributed by atoms with Gasteiger partial charge < -0.3 is 19.4 Å². The molecule has 1 aliphatic heterocycles. The number of Topliss-reactive ketones (excluding diaryl/α,β-unsaturated/α-hetero) is 1. The first kappa shape index (κ1) is 14.3. The van der Waals surface area contributed by atoms with Crippen LogP contribution in [0.5, 0.6) is 17.2 Å². The van der Waals surface area contributed by atoms with Crippen LogP contribution in [0.2, 0.25) is 0 Å². The third kappa shape index (κ3) is 2.20. The molecule has 0 unspecified atom stereocenters. The number of hydrogen-bond acceptors (Lipinski definition) is 6. The van der Waals surface area contributed by atoms with Crippen LogP contribution >= 0.6 is 0 Å². The largest absolute Gasteiger partial charge is 0.508 e. The average Bonchev–Trinajstić information content (AvgIpc) is 2.52. The SMILES string of the molecule is O=C1COc2cc(O)ccc2-c2c(c3ccc(O)cc3oc2=O)C1. The predicted octanol–water partition coefficient (Wildman–Crippen LogP) is 2.38. The number of rotatable bonds is 0. The van der Waals surface area contributed by atoms with Crippen LogP contribution < -0.4 is 10.4 Å². The van der Waals surface area contributed by atoms with Gasteiger partial charge in [-0.3, -0.25) is 4.79 Å². The van der Waals surface area contributed by atoms with E-state index < -0.39 is 5.63 Å². The lowest BCUT2D eigenvalue weighted by atomic mass is 9.93. The Morgan fingerprint density at radius 1 is 0.958 bits per heavy atom. The van der Waals surface area contributed by atoms with Gasteiger partial charge in [-0.25, -0.2) is 4.79 Å². The van der Waals surface area contributed by atoms with Crippen LogP contribution in [0.4, 0.5) is 0 Å². The zero-order valence-corrected chi connectivity index (χ0v) is 12.4. The minimum absolute atomic E-state index is 0.0164.